The number of piperidine rings is 1. The molecule has 2 N–H and O–H groups in total. The van der Waals surface area contributed by atoms with E-state index in [0.29, 0.717) is 0 Å². The van der Waals surface area contributed by atoms with Gasteiger partial charge in [0.25, 0.3) is 0 Å². The Kier molecular flexibility index (Phi) is 9.04. The molecule has 6 nitrogen and oxygen atoms in total. The van der Waals surface area contributed by atoms with Gasteiger partial charge in [-0.3, -0.25) is 9.67 Å². The molecule has 0 aliphatic carbocycles. The molecule has 0 bridgehead atoms. The highest BCUT2D eigenvalue weighted by Gasteiger charge is 2.15. The Bertz CT molecular complexity index is 531. The quantitative estimate of drug-likeness (QED) is 0.412. The fourth-order valence-electron chi connectivity index (χ4n) is 3.08. The van der Waals surface area contributed by atoms with Gasteiger partial charge in [0.15, 0.2) is 5.96 Å². The molecule has 1 saturated heterocycles. The van der Waals surface area contributed by atoms with Gasteiger partial charge in [0.05, 0.1) is 5.69 Å². The molecule has 0 saturated carbocycles. The number of hydrogen-bond donors (Lipinski definition) is 2. The Hall–Kier alpha value is -0.830. The molecule has 1 fully saturated rings. The van der Waals surface area contributed by atoms with Gasteiger partial charge in [-0.1, -0.05) is 6.92 Å². The summed E-state index contributed by atoms with van der Waals surface area (Å²) in [5, 5.41) is 11.3. The van der Waals surface area contributed by atoms with Gasteiger partial charge in [-0.05, 0) is 45.7 Å². The van der Waals surface area contributed by atoms with Crippen LogP contribution in [-0.4, -0.2) is 53.9 Å². The second kappa shape index (κ2) is 10.2. The van der Waals surface area contributed by atoms with E-state index in [1.807, 2.05) is 18.8 Å². The normalized spacial score (nSPS) is 16.8. The summed E-state index contributed by atoms with van der Waals surface area (Å²) in [5.74, 6) is 1.75. The smallest absolute Gasteiger partial charge is 0.191 e. The van der Waals surface area contributed by atoms with Crippen LogP contribution in [0.2, 0.25) is 0 Å². The molecule has 0 aromatic carbocycles. The van der Waals surface area contributed by atoms with Crippen molar-refractivity contribution < 1.29 is 0 Å². The van der Waals surface area contributed by atoms with E-state index in [-0.39, 0.29) is 24.0 Å². The number of likely N-dealkylation sites (tertiary alicyclic amines) is 1. The second-order valence-electron chi connectivity index (χ2n) is 6.65. The zero-order chi connectivity index (χ0) is 16.8. The first kappa shape index (κ1) is 21.2. The minimum atomic E-state index is 0. The van der Waals surface area contributed by atoms with Crippen molar-refractivity contribution in [1.82, 2.24) is 25.3 Å². The van der Waals surface area contributed by atoms with E-state index in [1.165, 1.54) is 37.2 Å². The summed E-state index contributed by atoms with van der Waals surface area (Å²) in [6.45, 7) is 11.7. The molecule has 7 heteroatoms. The number of rotatable bonds is 5. The van der Waals surface area contributed by atoms with E-state index in [1.54, 1.807) is 0 Å². The predicted molar refractivity (Wildman–Crippen MR) is 111 cm³/mol. The first-order valence-electron chi connectivity index (χ1n) is 8.67. The third-order valence-corrected chi connectivity index (χ3v) is 4.91. The summed E-state index contributed by atoms with van der Waals surface area (Å²) in [7, 11) is 3.80. The largest absolute Gasteiger partial charge is 0.355 e. The Morgan fingerprint density at radius 2 is 1.92 bits per heavy atom. The summed E-state index contributed by atoms with van der Waals surface area (Å²) in [6.07, 6.45) is 2.65. The molecule has 1 aromatic heterocycles. The molecule has 0 amide bonds. The lowest BCUT2D eigenvalue weighted by atomic mass is 9.99. The van der Waals surface area contributed by atoms with Crippen LogP contribution < -0.4 is 10.6 Å². The summed E-state index contributed by atoms with van der Waals surface area (Å²) in [5.41, 5.74) is 3.53. The van der Waals surface area contributed by atoms with Crippen LogP contribution in [0.15, 0.2) is 4.99 Å². The number of nitrogens with one attached hydrogen (secondary N) is 2. The van der Waals surface area contributed by atoms with Crippen molar-refractivity contribution in [2.75, 3.05) is 33.2 Å². The third-order valence-electron chi connectivity index (χ3n) is 4.91. The van der Waals surface area contributed by atoms with Crippen molar-refractivity contribution in [3.8, 4) is 0 Å². The number of aryl methyl sites for hydroxylation is 2. The van der Waals surface area contributed by atoms with Crippen molar-refractivity contribution in [3.05, 3.63) is 17.0 Å². The molecule has 0 spiro atoms. The maximum absolute atomic E-state index is 4.45. The Morgan fingerprint density at radius 3 is 2.46 bits per heavy atom. The van der Waals surface area contributed by atoms with Crippen LogP contribution in [0.3, 0.4) is 0 Å². The third kappa shape index (κ3) is 5.91. The monoisotopic (exact) mass is 448 g/mol. The molecule has 24 heavy (non-hydrogen) atoms. The summed E-state index contributed by atoms with van der Waals surface area (Å²) in [6, 6.07) is 0. The lowest BCUT2D eigenvalue weighted by molar-refractivity contribution is 0.195. The summed E-state index contributed by atoms with van der Waals surface area (Å²) >= 11 is 0. The average molecular weight is 448 g/mol. The Morgan fingerprint density at radius 1 is 1.25 bits per heavy atom. The van der Waals surface area contributed by atoms with Crippen molar-refractivity contribution >= 4 is 29.9 Å². The maximum Gasteiger partial charge on any atom is 0.191 e. The molecule has 2 heterocycles. The van der Waals surface area contributed by atoms with Gasteiger partial charge in [0, 0.05) is 45.0 Å². The average Bonchev–Trinajstić information content (AvgIpc) is 2.78. The van der Waals surface area contributed by atoms with Gasteiger partial charge in [0.1, 0.15) is 0 Å². The Balaban J connectivity index is 0.00000288. The molecular weight excluding hydrogens is 415 g/mol. The highest BCUT2D eigenvalue weighted by molar-refractivity contribution is 14.0. The summed E-state index contributed by atoms with van der Waals surface area (Å²) in [4.78, 5) is 6.85. The zero-order valence-corrected chi connectivity index (χ0v) is 18.1. The number of nitrogens with zero attached hydrogens (tertiary/aromatic N) is 4. The van der Waals surface area contributed by atoms with Gasteiger partial charge < -0.3 is 15.5 Å². The first-order valence-corrected chi connectivity index (χ1v) is 8.67. The topological polar surface area (TPSA) is 57.5 Å². The second-order valence-corrected chi connectivity index (χ2v) is 6.65. The number of aromatic nitrogens is 2. The predicted octanol–water partition coefficient (Wildman–Crippen LogP) is 2.05. The van der Waals surface area contributed by atoms with E-state index in [4.69, 9.17) is 0 Å². The van der Waals surface area contributed by atoms with Crippen LogP contribution in [0.25, 0.3) is 0 Å². The van der Waals surface area contributed by atoms with E-state index in [9.17, 15) is 0 Å². The van der Waals surface area contributed by atoms with Gasteiger partial charge in [-0.25, -0.2) is 0 Å². The van der Waals surface area contributed by atoms with Crippen molar-refractivity contribution in [2.45, 2.75) is 40.2 Å². The van der Waals surface area contributed by atoms with Gasteiger partial charge in [0.2, 0.25) is 0 Å². The van der Waals surface area contributed by atoms with Crippen molar-refractivity contribution in [1.29, 1.82) is 0 Å². The molecule has 138 valence electrons. The minimum Gasteiger partial charge on any atom is -0.355 e. The highest BCUT2D eigenvalue weighted by Crippen LogP contribution is 2.15. The molecular formula is C17H33IN6. The lowest BCUT2D eigenvalue weighted by Crippen LogP contribution is -2.43. The van der Waals surface area contributed by atoms with Crippen LogP contribution >= 0.6 is 24.0 Å². The number of hydrogen-bond acceptors (Lipinski definition) is 3. The first-order chi connectivity index (χ1) is 11.0. The number of aliphatic imine (C=N–C) groups is 1. The number of guanidine groups is 1. The summed E-state index contributed by atoms with van der Waals surface area (Å²) < 4.78 is 1.93. The van der Waals surface area contributed by atoms with Gasteiger partial charge in [-0.2, -0.15) is 5.10 Å². The van der Waals surface area contributed by atoms with Crippen LogP contribution in [0, 0.1) is 19.8 Å². The number of halogens is 1. The highest BCUT2D eigenvalue weighted by atomic mass is 127. The van der Waals surface area contributed by atoms with Gasteiger partial charge in [-0.15, -0.1) is 24.0 Å². The zero-order valence-electron chi connectivity index (χ0n) is 15.7. The molecule has 0 atom stereocenters. The fraction of sp³-hybridized carbons (Fsp3) is 0.765. The van der Waals surface area contributed by atoms with Crippen molar-refractivity contribution in [2.24, 2.45) is 18.0 Å². The Labute approximate surface area is 163 Å². The van der Waals surface area contributed by atoms with Crippen LogP contribution in [0.4, 0.5) is 0 Å². The van der Waals surface area contributed by atoms with Gasteiger partial charge >= 0.3 is 0 Å². The van der Waals surface area contributed by atoms with E-state index in [0.717, 1.165) is 37.2 Å². The van der Waals surface area contributed by atoms with E-state index >= 15 is 0 Å². The van der Waals surface area contributed by atoms with Crippen LogP contribution in [-0.2, 0) is 13.6 Å². The molecule has 1 aliphatic heterocycles. The van der Waals surface area contributed by atoms with Crippen LogP contribution in [0.5, 0.6) is 0 Å². The molecule has 2 rings (SSSR count). The standard InChI is InChI=1S/C17H32N6.HI/c1-13-6-9-23(10-7-13)11-8-19-17(18-4)20-12-16-14(2)21-22(5)15(16)3;/h13H,6-12H2,1-5H3,(H2,18,19,20);1H. The van der Waals surface area contributed by atoms with E-state index in [2.05, 4.69) is 46.4 Å². The molecule has 0 radical (unpaired) electrons. The molecule has 0 unspecified atom stereocenters. The fourth-order valence-corrected chi connectivity index (χ4v) is 3.08. The van der Waals surface area contributed by atoms with Crippen molar-refractivity contribution in [3.63, 3.8) is 0 Å². The molecule has 1 aliphatic rings. The maximum atomic E-state index is 4.45. The van der Waals surface area contributed by atoms with Crippen LogP contribution in [0.1, 0.15) is 36.7 Å². The lowest BCUT2D eigenvalue weighted by Gasteiger charge is -2.30. The SMILES string of the molecule is CN=C(NCCN1CCC(C)CC1)NCc1c(C)nn(C)c1C.I. The van der Waals surface area contributed by atoms with E-state index < -0.39 is 0 Å². The molecule has 1 aromatic rings. The minimum absolute atomic E-state index is 0.